The lowest BCUT2D eigenvalue weighted by Gasteiger charge is -2.29. The standard InChI is InChI=1S/C33H32F2N8O2/c34-23-6-9-25(10-7-23)43-33(45)27(12-14-37-43)32(44)38-24-8-5-21(28(35)19-24)18-22-11-13-36-30-29(22)31(40-39-30)42-17-3-4-26(42)20-41-15-1-2-16-41/h5-14,19,26H,1-4,15-18,20H2,(H,38,44)(H,36,39,40)/t26-/m1/s1. The van der Waals surface area contributed by atoms with Gasteiger partial charge in [0.25, 0.3) is 11.5 Å². The minimum atomic E-state index is -0.710. The van der Waals surface area contributed by atoms with Gasteiger partial charge in [0.2, 0.25) is 0 Å². The van der Waals surface area contributed by atoms with E-state index in [1.807, 2.05) is 6.07 Å². The molecule has 12 heteroatoms. The number of H-pyrrole nitrogens is 1. The number of aromatic nitrogens is 5. The number of rotatable bonds is 8. The molecule has 2 N–H and O–H groups in total. The summed E-state index contributed by atoms with van der Waals surface area (Å²) in [4.78, 5) is 35.4. The van der Waals surface area contributed by atoms with Gasteiger partial charge in [-0.05, 0) is 98.4 Å². The summed E-state index contributed by atoms with van der Waals surface area (Å²) in [5.74, 6) is -0.798. The fourth-order valence-corrected chi connectivity index (χ4v) is 6.44. The second kappa shape index (κ2) is 12.2. The van der Waals surface area contributed by atoms with Crippen LogP contribution >= 0.6 is 0 Å². The Morgan fingerprint density at radius 1 is 0.956 bits per heavy atom. The molecule has 0 bridgehead atoms. The third kappa shape index (κ3) is 5.80. The molecule has 7 rings (SSSR count). The van der Waals surface area contributed by atoms with E-state index in [0.717, 1.165) is 60.5 Å². The lowest BCUT2D eigenvalue weighted by Crippen LogP contribution is -2.39. The number of hydrogen-bond acceptors (Lipinski definition) is 7. The summed E-state index contributed by atoms with van der Waals surface area (Å²) in [6.45, 7) is 4.23. The maximum Gasteiger partial charge on any atom is 0.284 e. The highest BCUT2D eigenvalue weighted by atomic mass is 19.1. The molecule has 1 amide bonds. The van der Waals surface area contributed by atoms with Crippen molar-refractivity contribution in [2.45, 2.75) is 38.1 Å². The van der Waals surface area contributed by atoms with E-state index in [2.05, 4.69) is 35.4 Å². The van der Waals surface area contributed by atoms with E-state index in [-0.39, 0.29) is 11.3 Å². The van der Waals surface area contributed by atoms with Gasteiger partial charge in [0.1, 0.15) is 17.2 Å². The molecular formula is C33H32F2N8O2. The molecular weight excluding hydrogens is 578 g/mol. The van der Waals surface area contributed by atoms with E-state index < -0.39 is 23.1 Å². The van der Waals surface area contributed by atoms with Crippen LogP contribution < -0.4 is 15.8 Å². The van der Waals surface area contributed by atoms with Crippen LogP contribution in [0.2, 0.25) is 0 Å². The van der Waals surface area contributed by atoms with Crippen molar-refractivity contribution < 1.29 is 13.6 Å². The number of nitrogens with one attached hydrogen (secondary N) is 2. The molecule has 230 valence electrons. The Labute approximate surface area is 257 Å². The largest absolute Gasteiger partial charge is 0.350 e. The molecule has 45 heavy (non-hydrogen) atoms. The fourth-order valence-electron chi connectivity index (χ4n) is 6.44. The SMILES string of the molecule is O=C(Nc1ccc(Cc2ccnc3[nH]nc(N4CCC[C@@H]4CN4CCCC4)c23)c(F)c1)c1ccnn(-c2ccc(F)cc2)c1=O. The number of carbonyl (C=O) groups excluding carboxylic acids is 1. The number of aromatic amines is 1. The monoisotopic (exact) mass is 610 g/mol. The zero-order valence-corrected chi connectivity index (χ0v) is 24.5. The molecule has 0 spiro atoms. The topological polar surface area (TPSA) is 112 Å². The minimum Gasteiger partial charge on any atom is -0.350 e. The Balaban J connectivity index is 1.10. The third-order valence-electron chi connectivity index (χ3n) is 8.70. The van der Waals surface area contributed by atoms with E-state index in [1.165, 1.54) is 55.4 Å². The zero-order chi connectivity index (χ0) is 30.9. The van der Waals surface area contributed by atoms with Crippen molar-refractivity contribution in [2.75, 3.05) is 36.4 Å². The molecule has 0 saturated carbocycles. The van der Waals surface area contributed by atoms with E-state index in [0.29, 0.717) is 29.4 Å². The van der Waals surface area contributed by atoms with Gasteiger partial charge in [-0.2, -0.15) is 14.9 Å². The zero-order valence-electron chi connectivity index (χ0n) is 24.5. The van der Waals surface area contributed by atoms with E-state index in [1.54, 1.807) is 18.3 Å². The number of nitrogens with zero attached hydrogens (tertiary/aromatic N) is 6. The molecule has 0 radical (unpaired) electrons. The van der Waals surface area contributed by atoms with Crippen molar-refractivity contribution in [1.82, 2.24) is 29.9 Å². The number of pyridine rings is 1. The van der Waals surface area contributed by atoms with Gasteiger partial charge in [-0.3, -0.25) is 14.7 Å². The summed E-state index contributed by atoms with van der Waals surface area (Å²) in [6, 6.07) is 13.2. The molecule has 1 atom stereocenters. The number of halogens is 2. The molecule has 2 fully saturated rings. The van der Waals surface area contributed by atoms with E-state index >= 15 is 4.39 Å². The van der Waals surface area contributed by atoms with E-state index in [9.17, 15) is 14.0 Å². The maximum atomic E-state index is 15.5. The fraction of sp³-hybridized carbons (Fsp3) is 0.303. The number of carbonyl (C=O) groups is 1. The molecule has 0 unspecified atom stereocenters. The summed E-state index contributed by atoms with van der Waals surface area (Å²) >= 11 is 0. The summed E-state index contributed by atoms with van der Waals surface area (Å²) in [7, 11) is 0. The molecule has 2 saturated heterocycles. The molecule has 10 nitrogen and oxygen atoms in total. The minimum absolute atomic E-state index is 0.185. The summed E-state index contributed by atoms with van der Waals surface area (Å²) in [6.07, 6.45) is 8.03. The highest BCUT2D eigenvalue weighted by molar-refractivity contribution is 6.04. The number of fused-ring (bicyclic) bond motifs is 1. The van der Waals surface area contributed by atoms with Crippen molar-refractivity contribution in [3.63, 3.8) is 0 Å². The van der Waals surface area contributed by atoms with Crippen LogP contribution in [0, 0.1) is 11.6 Å². The molecule has 0 aliphatic carbocycles. The quantitative estimate of drug-likeness (QED) is 0.262. The molecule has 2 aliphatic heterocycles. The van der Waals surface area contributed by atoms with Gasteiger partial charge in [0, 0.05) is 43.6 Å². The lowest BCUT2D eigenvalue weighted by molar-refractivity contribution is 0.102. The highest BCUT2D eigenvalue weighted by Crippen LogP contribution is 2.33. The lowest BCUT2D eigenvalue weighted by atomic mass is 10.0. The number of hydrogen-bond donors (Lipinski definition) is 2. The van der Waals surface area contributed by atoms with Crippen molar-refractivity contribution in [3.8, 4) is 5.69 Å². The van der Waals surface area contributed by atoms with Gasteiger partial charge in [0.15, 0.2) is 11.5 Å². The Hall–Kier alpha value is -4.97. The number of anilines is 2. The first-order valence-electron chi connectivity index (χ1n) is 15.2. The van der Waals surface area contributed by atoms with Gasteiger partial charge >= 0.3 is 0 Å². The van der Waals surface area contributed by atoms with Crippen molar-refractivity contribution in [3.05, 3.63) is 106 Å². The van der Waals surface area contributed by atoms with Crippen LogP contribution in [-0.4, -0.2) is 68.0 Å². The maximum absolute atomic E-state index is 15.5. The van der Waals surface area contributed by atoms with E-state index in [4.69, 9.17) is 0 Å². The van der Waals surface area contributed by atoms with Crippen molar-refractivity contribution in [2.24, 2.45) is 0 Å². The van der Waals surface area contributed by atoms with Crippen molar-refractivity contribution in [1.29, 1.82) is 0 Å². The van der Waals surface area contributed by atoms with Gasteiger partial charge in [-0.25, -0.2) is 13.8 Å². The van der Waals surface area contributed by atoms with Crippen LogP contribution in [-0.2, 0) is 6.42 Å². The Kier molecular flexibility index (Phi) is 7.80. The van der Waals surface area contributed by atoms with Crippen LogP contribution in [0.15, 0.2) is 71.8 Å². The predicted octanol–water partition coefficient (Wildman–Crippen LogP) is 4.69. The van der Waals surface area contributed by atoms with Crippen molar-refractivity contribution >= 4 is 28.4 Å². The Bertz CT molecular complexity index is 1920. The first kappa shape index (κ1) is 28.8. The first-order chi connectivity index (χ1) is 21.9. The highest BCUT2D eigenvalue weighted by Gasteiger charge is 2.31. The van der Waals surface area contributed by atoms with Crippen LogP contribution in [0.25, 0.3) is 16.7 Å². The second-order valence-corrected chi connectivity index (χ2v) is 11.6. The number of amides is 1. The van der Waals surface area contributed by atoms with Crippen LogP contribution in [0.5, 0.6) is 0 Å². The van der Waals surface area contributed by atoms with Gasteiger partial charge < -0.3 is 15.1 Å². The molecule has 5 aromatic rings. The average Bonchev–Trinajstić information content (AvgIpc) is 3.81. The summed E-state index contributed by atoms with van der Waals surface area (Å²) < 4.78 is 29.8. The average molecular weight is 611 g/mol. The Morgan fingerprint density at radius 2 is 1.78 bits per heavy atom. The van der Waals surface area contributed by atoms with Crippen LogP contribution in [0.1, 0.15) is 47.2 Å². The second-order valence-electron chi connectivity index (χ2n) is 11.6. The van der Waals surface area contributed by atoms with Gasteiger partial charge in [0.05, 0.1) is 11.1 Å². The molecule has 2 aliphatic rings. The van der Waals surface area contributed by atoms with Crippen LogP contribution in [0.4, 0.5) is 20.3 Å². The van der Waals surface area contributed by atoms with Gasteiger partial charge in [-0.1, -0.05) is 6.07 Å². The smallest absolute Gasteiger partial charge is 0.284 e. The predicted molar refractivity (Wildman–Crippen MR) is 167 cm³/mol. The molecule has 3 aromatic heterocycles. The number of likely N-dealkylation sites (tertiary alicyclic amines) is 1. The number of benzene rings is 2. The normalized spacial score (nSPS) is 16.9. The molecule has 2 aromatic carbocycles. The third-order valence-corrected chi connectivity index (χ3v) is 8.70. The van der Waals surface area contributed by atoms with Crippen LogP contribution in [0.3, 0.4) is 0 Å². The Morgan fingerprint density at radius 3 is 2.58 bits per heavy atom. The first-order valence-corrected chi connectivity index (χ1v) is 15.2. The molecule has 5 heterocycles. The van der Waals surface area contributed by atoms with Gasteiger partial charge in [-0.15, -0.1) is 0 Å². The summed E-state index contributed by atoms with van der Waals surface area (Å²) in [5, 5.41) is 15.3. The summed E-state index contributed by atoms with van der Waals surface area (Å²) in [5.41, 5.74) is 1.67.